The second-order valence-corrected chi connectivity index (χ2v) is 10.5. The minimum atomic E-state index is -0.239. The van der Waals surface area contributed by atoms with E-state index < -0.39 is 0 Å². The Labute approximate surface area is 213 Å². The van der Waals surface area contributed by atoms with E-state index in [-0.39, 0.29) is 17.6 Å². The Morgan fingerprint density at radius 2 is 2.03 bits per heavy atom. The molecular formula is C26H26N4O3S2. The number of pyridine rings is 1. The number of ether oxygens (including phenoxy) is 1. The molecule has 2 aliphatic rings. The number of thiocarbonyl (C=S) groups is 1. The Bertz CT molecular complexity index is 1390. The van der Waals surface area contributed by atoms with E-state index in [9.17, 15) is 9.59 Å². The first-order valence-corrected chi connectivity index (χ1v) is 12.8. The summed E-state index contributed by atoms with van der Waals surface area (Å²) in [5.41, 5.74) is 3.72. The predicted molar refractivity (Wildman–Crippen MR) is 144 cm³/mol. The molecule has 7 nitrogen and oxygen atoms in total. The quantitative estimate of drug-likeness (QED) is 0.395. The van der Waals surface area contributed by atoms with Crippen LogP contribution in [-0.2, 0) is 16.1 Å². The Balaban J connectivity index is 1.50. The number of hydrogen-bond donors (Lipinski definition) is 1. The molecule has 1 amide bonds. The summed E-state index contributed by atoms with van der Waals surface area (Å²) in [6.45, 7) is 5.62. The average Bonchev–Trinajstić information content (AvgIpc) is 3.45. The van der Waals surface area contributed by atoms with Gasteiger partial charge < -0.3 is 10.1 Å². The van der Waals surface area contributed by atoms with Crippen molar-refractivity contribution in [2.75, 3.05) is 18.5 Å². The van der Waals surface area contributed by atoms with E-state index in [0.29, 0.717) is 39.3 Å². The first kappa shape index (κ1) is 23.7. The van der Waals surface area contributed by atoms with Crippen molar-refractivity contribution in [1.82, 2.24) is 14.3 Å². The number of benzene rings is 1. The van der Waals surface area contributed by atoms with Crippen LogP contribution in [-0.4, -0.2) is 43.8 Å². The number of aryl methyl sites for hydroxylation is 2. The molecule has 0 bridgehead atoms. The maximum Gasteiger partial charge on any atom is 0.267 e. The van der Waals surface area contributed by atoms with Gasteiger partial charge in [0.05, 0.1) is 23.1 Å². The van der Waals surface area contributed by atoms with Crippen LogP contribution in [0.2, 0.25) is 0 Å². The maximum absolute atomic E-state index is 13.5. The SMILES string of the molecule is Cc1ccc(CN2C(=O)/C(=C/c3c(NC[C@H]4CCCO4)nc4c(C)cccn4c3=O)SC2=S)cc1. The number of amides is 1. The normalized spacial score (nSPS) is 19.3. The molecule has 2 aromatic heterocycles. The highest BCUT2D eigenvalue weighted by molar-refractivity contribution is 8.26. The van der Waals surface area contributed by atoms with Gasteiger partial charge in [0, 0.05) is 19.3 Å². The van der Waals surface area contributed by atoms with Crippen molar-refractivity contribution in [2.24, 2.45) is 0 Å². The van der Waals surface area contributed by atoms with Gasteiger partial charge in [0.25, 0.3) is 11.5 Å². The summed E-state index contributed by atoms with van der Waals surface area (Å²) in [5.74, 6) is 0.239. The first-order chi connectivity index (χ1) is 16.9. The third kappa shape index (κ3) is 4.89. The number of nitrogens with zero attached hydrogens (tertiary/aromatic N) is 3. The second kappa shape index (κ2) is 9.93. The fraction of sp³-hybridized carbons (Fsp3) is 0.308. The molecule has 1 aromatic carbocycles. The van der Waals surface area contributed by atoms with E-state index in [1.54, 1.807) is 17.2 Å². The number of anilines is 1. The molecule has 2 aliphatic heterocycles. The molecule has 0 saturated carbocycles. The van der Waals surface area contributed by atoms with Gasteiger partial charge in [0.15, 0.2) is 0 Å². The molecule has 0 radical (unpaired) electrons. The van der Waals surface area contributed by atoms with Gasteiger partial charge in [-0.1, -0.05) is 59.9 Å². The molecule has 9 heteroatoms. The smallest absolute Gasteiger partial charge is 0.267 e. The molecule has 2 saturated heterocycles. The zero-order valence-corrected chi connectivity index (χ0v) is 21.2. The van der Waals surface area contributed by atoms with Crippen LogP contribution in [0.4, 0.5) is 5.82 Å². The maximum atomic E-state index is 13.5. The van der Waals surface area contributed by atoms with E-state index in [1.165, 1.54) is 16.2 Å². The highest BCUT2D eigenvalue weighted by Gasteiger charge is 2.33. The van der Waals surface area contributed by atoms with E-state index in [0.717, 1.165) is 36.1 Å². The largest absolute Gasteiger partial charge is 0.376 e. The van der Waals surface area contributed by atoms with E-state index in [2.05, 4.69) is 5.32 Å². The third-order valence-corrected chi connectivity index (χ3v) is 7.59. The van der Waals surface area contributed by atoms with Crippen LogP contribution in [0.15, 0.2) is 52.3 Å². The van der Waals surface area contributed by atoms with E-state index >= 15 is 0 Å². The number of aromatic nitrogens is 2. The molecule has 1 N–H and O–H groups in total. The summed E-state index contributed by atoms with van der Waals surface area (Å²) >= 11 is 6.72. The van der Waals surface area contributed by atoms with Crippen molar-refractivity contribution >= 4 is 51.7 Å². The summed E-state index contributed by atoms with van der Waals surface area (Å²) in [6, 6.07) is 11.7. The Hall–Kier alpha value is -3.01. The summed E-state index contributed by atoms with van der Waals surface area (Å²) < 4.78 is 7.72. The fourth-order valence-corrected chi connectivity index (χ4v) is 5.47. The molecule has 2 fully saturated rings. The van der Waals surface area contributed by atoms with E-state index in [4.69, 9.17) is 21.9 Å². The number of carbonyl (C=O) groups excluding carboxylic acids is 1. The van der Waals surface area contributed by atoms with Gasteiger partial charge in [-0.15, -0.1) is 0 Å². The van der Waals surface area contributed by atoms with Crippen molar-refractivity contribution < 1.29 is 9.53 Å². The van der Waals surface area contributed by atoms with Crippen molar-refractivity contribution in [2.45, 2.75) is 39.3 Å². The predicted octanol–water partition coefficient (Wildman–Crippen LogP) is 4.30. The van der Waals surface area contributed by atoms with Gasteiger partial charge in [-0.3, -0.25) is 18.9 Å². The zero-order chi connectivity index (χ0) is 24.5. The monoisotopic (exact) mass is 506 g/mol. The van der Waals surface area contributed by atoms with Gasteiger partial charge in [-0.2, -0.15) is 0 Å². The molecule has 35 heavy (non-hydrogen) atoms. The molecule has 5 rings (SSSR count). The van der Waals surface area contributed by atoms with E-state index in [1.807, 2.05) is 50.2 Å². The first-order valence-electron chi connectivity index (χ1n) is 11.6. The minimum Gasteiger partial charge on any atom is -0.376 e. The number of hydrogen-bond acceptors (Lipinski definition) is 7. The number of carbonyl (C=O) groups is 1. The molecule has 1 atom stereocenters. The van der Waals surface area contributed by atoms with Crippen molar-refractivity contribution in [3.63, 3.8) is 0 Å². The van der Waals surface area contributed by atoms with Gasteiger partial charge in [0.1, 0.15) is 15.8 Å². The van der Waals surface area contributed by atoms with Crippen molar-refractivity contribution in [3.8, 4) is 0 Å². The lowest BCUT2D eigenvalue weighted by atomic mass is 10.1. The highest BCUT2D eigenvalue weighted by Crippen LogP contribution is 2.34. The summed E-state index contributed by atoms with van der Waals surface area (Å²) in [7, 11) is 0. The van der Waals surface area contributed by atoms with Crippen LogP contribution in [0.25, 0.3) is 11.7 Å². The van der Waals surface area contributed by atoms with Gasteiger partial charge in [0.2, 0.25) is 0 Å². The van der Waals surface area contributed by atoms with Crippen molar-refractivity contribution in [1.29, 1.82) is 0 Å². The Morgan fingerprint density at radius 3 is 2.77 bits per heavy atom. The molecule has 0 unspecified atom stereocenters. The summed E-state index contributed by atoms with van der Waals surface area (Å²) in [4.78, 5) is 33.5. The standard InChI is InChI=1S/C26H26N4O3S2/c1-16-7-9-18(10-8-16)15-30-25(32)21(35-26(30)34)13-20-22(27-14-19-6-4-12-33-19)28-23-17(2)5-3-11-29(23)24(20)31/h3,5,7-11,13,19,27H,4,6,12,14-15H2,1-2H3/b21-13-/t19-/m1/s1. The Morgan fingerprint density at radius 1 is 1.23 bits per heavy atom. The zero-order valence-electron chi connectivity index (χ0n) is 19.6. The van der Waals surface area contributed by atoms with Crippen LogP contribution in [0.1, 0.15) is 35.1 Å². The van der Waals surface area contributed by atoms with Gasteiger partial charge in [-0.25, -0.2) is 4.98 Å². The molecule has 3 aromatic rings. The number of rotatable bonds is 6. The molecular weight excluding hydrogens is 480 g/mol. The topological polar surface area (TPSA) is 75.9 Å². The van der Waals surface area contributed by atoms with Gasteiger partial charge >= 0.3 is 0 Å². The lowest BCUT2D eigenvalue weighted by Crippen LogP contribution is -2.27. The third-order valence-electron chi connectivity index (χ3n) is 6.22. The Kier molecular flexibility index (Phi) is 6.73. The van der Waals surface area contributed by atoms with Crippen LogP contribution in [0, 0.1) is 13.8 Å². The summed E-state index contributed by atoms with van der Waals surface area (Å²) in [6.07, 6.45) is 5.38. The highest BCUT2D eigenvalue weighted by atomic mass is 32.2. The van der Waals surface area contributed by atoms with Gasteiger partial charge in [-0.05, 0) is 50.0 Å². The second-order valence-electron chi connectivity index (χ2n) is 8.83. The summed E-state index contributed by atoms with van der Waals surface area (Å²) in [5, 5.41) is 3.31. The molecule has 180 valence electrons. The van der Waals surface area contributed by atoms with Crippen LogP contribution < -0.4 is 10.9 Å². The molecule has 0 spiro atoms. The average molecular weight is 507 g/mol. The lowest BCUT2D eigenvalue weighted by molar-refractivity contribution is -0.122. The number of thioether (sulfide) groups is 1. The van der Waals surface area contributed by atoms with Crippen LogP contribution >= 0.6 is 24.0 Å². The minimum absolute atomic E-state index is 0.0766. The van der Waals surface area contributed by atoms with Crippen LogP contribution in [0.5, 0.6) is 0 Å². The lowest BCUT2D eigenvalue weighted by Gasteiger charge is -2.15. The molecule has 4 heterocycles. The number of nitrogens with one attached hydrogen (secondary N) is 1. The van der Waals surface area contributed by atoms with Crippen molar-refractivity contribution in [3.05, 3.63) is 80.1 Å². The fourth-order valence-electron chi connectivity index (χ4n) is 4.24. The van der Waals surface area contributed by atoms with Crippen LogP contribution in [0.3, 0.4) is 0 Å². The molecule has 0 aliphatic carbocycles. The number of fused-ring (bicyclic) bond motifs is 1.